The van der Waals surface area contributed by atoms with E-state index in [0.29, 0.717) is 19.3 Å². The number of ether oxygens (including phenoxy) is 3. The first-order valence-corrected chi connectivity index (χ1v) is 42.9. The molecule has 0 aromatic rings. The number of aliphatic hydroxyl groups excluding tert-OH is 1. The molecule has 1 radical (unpaired) electrons. The smallest absolute Gasteiger partial charge is 0.428 e. The number of likely N-dealkylation sites (N-methyl/N-ethyl adjacent to an activating group) is 7. The van der Waals surface area contributed by atoms with Crippen molar-refractivity contribution >= 4 is 88.7 Å². The largest absolute Gasteiger partial charge is 0.511 e. The standard InChI is InChI=1S/C88H143N12O20/c1-27-29-30-53(15)73(120-85(116)119-46-118-84(115)60(89)33-34-67(103)88(117)38-36-59-58-32-31-56-43-57(101)35-37-86(56,18)69(58)66(102)44-87(59,88)19)72-77(108)92-61(28-2)79(110)94(20)45-68(104)95(21)62(39-47(3)4)76(107)93-70(51(11)12)82(113)96(22)63(40-48(5)6)75(106)90-54(16)74(105)91-55(17)78(109)97(23)64(41-49(7)8)80(111)98(24)65(42-50(9)10)81(112)99(25)71(52(13)14)83(114)100(72)26/h27,29,34-35,37,43,47-55,58-66,69-73,102,117H,28,30-33,36,38-42,44-46,89H2,1-26H3,(H,90,106)(H,91,105)(H,92,108)(H,93,107)/b29-27+/t53-,54?,55?,58?,59?,60-,61-,62+,63?,64-,65?,66+,69?,70?,71?,72?,73?,86+,87+,88+/m1/s1. The van der Waals surface area contributed by atoms with Crippen LogP contribution in [0.25, 0.3) is 0 Å². The fourth-order valence-corrected chi connectivity index (χ4v) is 18.5. The zero-order valence-corrected chi connectivity index (χ0v) is 76.1. The lowest BCUT2D eigenvalue weighted by Gasteiger charge is -2.59. The molecule has 5 aliphatic rings. The van der Waals surface area contributed by atoms with Gasteiger partial charge in [0, 0.05) is 72.5 Å². The fraction of sp³-hybridized carbons (Fsp3) is 0.750. The minimum Gasteiger partial charge on any atom is -0.428 e. The summed E-state index contributed by atoms with van der Waals surface area (Å²) in [6.45, 7) is 31.1. The van der Waals surface area contributed by atoms with Crippen LogP contribution in [0.2, 0.25) is 0 Å². The van der Waals surface area contributed by atoms with Crippen LogP contribution in [0.1, 0.15) is 209 Å². The molecule has 4 aliphatic carbocycles. The van der Waals surface area contributed by atoms with E-state index in [4.69, 9.17) is 19.9 Å². The highest BCUT2D eigenvalue weighted by molar-refractivity contribution is 6.02. The van der Waals surface area contributed by atoms with Crippen LogP contribution in [0.3, 0.4) is 0 Å². The van der Waals surface area contributed by atoms with Gasteiger partial charge in [-0.15, -0.1) is 0 Å². The van der Waals surface area contributed by atoms with Gasteiger partial charge >= 0.3 is 12.1 Å². The van der Waals surface area contributed by atoms with E-state index in [9.17, 15) is 63.0 Å². The molecule has 0 bridgehead atoms. The molecule has 5 rings (SSSR count). The topological polar surface area (TPSA) is 421 Å². The van der Waals surface area contributed by atoms with Gasteiger partial charge in [-0.3, -0.25) is 67.1 Å². The van der Waals surface area contributed by atoms with Crippen LogP contribution in [0.5, 0.6) is 0 Å². The van der Waals surface area contributed by atoms with Crippen LogP contribution >= 0.6 is 0 Å². The summed E-state index contributed by atoms with van der Waals surface area (Å²) < 4.78 is 16.8. The molecule has 4 fully saturated rings. The highest BCUT2D eigenvalue weighted by Crippen LogP contribution is 2.67. The third-order valence-electron chi connectivity index (χ3n) is 25.6. The first-order chi connectivity index (χ1) is 55.7. The number of hydrogen-bond donors (Lipinski definition) is 7. The number of amides is 11. The van der Waals surface area contributed by atoms with E-state index in [1.807, 2.05) is 75.3 Å². The summed E-state index contributed by atoms with van der Waals surface area (Å²) in [6, 6.07) is -15.2. The third kappa shape index (κ3) is 24.0. The molecule has 8 N–H and O–H groups in total. The minimum absolute atomic E-state index is 0.0333. The van der Waals surface area contributed by atoms with Gasteiger partial charge in [-0.1, -0.05) is 135 Å². The van der Waals surface area contributed by atoms with Gasteiger partial charge in [-0.25, -0.2) is 4.79 Å². The van der Waals surface area contributed by atoms with Gasteiger partial charge in [-0.05, 0) is 163 Å². The van der Waals surface area contributed by atoms with Gasteiger partial charge in [0.2, 0.25) is 71.8 Å². The lowest BCUT2D eigenvalue weighted by molar-refractivity contribution is -0.174. The number of ketones is 2. The molecule has 1 heterocycles. The molecule has 20 atom stereocenters. The summed E-state index contributed by atoms with van der Waals surface area (Å²) in [5.41, 5.74) is 3.69. The molecule has 120 heavy (non-hydrogen) atoms. The van der Waals surface area contributed by atoms with Crippen molar-refractivity contribution in [3.8, 4) is 0 Å². The highest BCUT2D eigenvalue weighted by atomic mass is 16.8. The molecule has 1 aliphatic heterocycles. The average molecular weight is 1690 g/mol. The van der Waals surface area contributed by atoms with Crippen molar-refractivity contribution in [1.82, 2.24) is 55.6 Å². The number of carbonyl (C=O) groups is 15. The Morgan fingerprint density at radius 1 is 0.600 bits per heavy atom. The van der Waals surface area contributed by atoms with E-state index in [1.54, 1.807) is 66.7 Å². The van der Waals surface area contributed by atoms with Crippen LogP contribution in [0.4, 0.5) is 4.79 Å². The maximum Gasteiger partial charge on any atom is 0.511 e. The molecule has 0 spiro atoms. The third-order valence-corrected chi connectivity index (χ3v) is 25.6. The van der Waals surface area contributed by atoms with Crippen molar-refractivity contribution in [2.24, 2.45) is 75.7 Å². The first kappa shape index (κ1) is 102. The molecule has 32 nitrogen and oxygen atoms in total. The summed E-state index contributed by atoms with van der Waals surface area (Å²) in [5.74, 6) is -14.1. The Kier molecular flexibility index (Phi) is 36.9. The number of nitrogens with zero attached hydrogens (tertiary/aromatic N) is 7. The highest BCUT2D eigenvalue weighted by Gasteiger charge is 2.68. The minimum atomic E-state index is -1.93. The summed E-state index contributed by atoms with van der Waals surface area (Å²) in [7, 11) is 9.49. The lowest BCUT2D eigenvalue weighted by Crippen LogP contribution is -2.64. The molecule has 1 saturated heterocycles. The Balaban J connectivity index is 1.56. The summed E-state index contributed by atoms with van der Waals surface area (Å²) in [4.78, 5) is 228. The zero-order chi connectivity index (χ0) is 91.1. The predicted octanol–water partition coefficient (Wildman–Crippen LogP) is 5.43. The maximum atomic E-state index is 15.9. The number of rotatable bonds is 23. The quantitative estimate of drug-likeness (QED) is 0.0381. The monoisotopic (exact) mass is 1690 g/mol. The second kappa shape index (κ2) is 43.4. The van der Waals surface area contributed by atoms with Gasteiger partial charge < -0.3 is 85.7 Å². The molecule has 11 unspecified atom stereocenters. The van der Waals surface area contributed by atoms with Crippen LogP contribution in [-0.4, -0.2) is 280 Å². The van der Waals surface area contributed by atoms with Crippen molar-refractivity contribution < 1.29 is 96.3 Å². The van der Waals surface area contributed by atoms with Gasteiger partial charge in [0.1, 0.15) is 78.2 Å². The number of allylic oxidation sites excluding steroid dienone is 6. The number of nitrogens with one attached hydrogen (secondary N) is 4. The molecule has 11 amide bonds. The lowest BCUT2D eigenvalue weighted by atomic mass is 9.46. The fourth-order valence-electron chi connectivity index (χ4n) is 18.5. The summed E-state index contributed by atoms with van der Waals surface area (Å²) in [5, 5.41) is 35.3. The molecule has 3 saturated carbocycles. The number of esters is 1. The van der Waals surface area contributed by atoms with Crippen molar-refractivity contribution in [3.63, 3.8) is 0 Å². The Morgan fingerprint density at radius 3 is 1.66 bits per heavy atom. The molecular weight excluding hydrogens is 1550 g/mol. The Bertz CT molecular complexity index is 3800. The molecule has 0 aromatic heterocycles. The van der Waals surface area contributed by atoms with E-state index in [2.05, 4.69) is 21.3 Å². The predicted molar refractivity (Wildman–Crippen MR) is 450 cm³/mol. The van der Waals surface area contributed by atoms with Crippen LogP contribution < -0.4 is 27.0 Å². The van der Waals surface area contributed by atoms with Gasteiger partial charge in [0.05, 0.1) is 12.6 Å². The van der Waals surface area contributed by atoms with E-state index >= 15 is 19.2 Å². The molecule has 0 aromatic carbocycles. The van der Waals surface area contributed by atoms with Crippen LogP contribution in [0, 0.1) is 76.4 Å². The normalized spacial score (nSPS) is 31.0. The van der Waals surface area contributed by atoms with Crippen LogP contribution in [0.15, 0.2) is 36.0 Å². The van der Waals surface area contributed by atoms with Crippen molar-refractivity contribution in [2.75, 3.05) is 62.7 Å². The zero-order valence-electron chi connectivity index (χ0n) is 76.1. The number of aliphatic hydroxyl groups is 2. The van der Waals surface area contributed by atoms with Crippen molar-refractivity contribution in [2.45, 2.75) is 293 Å². The van der Waals surface area contributed by atoms with Crippen molar-refractivity contribution in [1.29, 1.82) is 0 Å². The summed E-state index contributed by atoms with van der Waals surface area (Å²) >= 11 is 0. The second-order valence-electron chi connectivity index (χ2n) is 37.2. The van der Waals surface area contributed by atoms with Crippen molar-refractivity contribution in [3.05, 3.63) is 42.4 Å². The Morgan fingerprint density at radius 2 is 1.12 bits per heavy atom. The van der Waals surface area contributed by atoms with Gasteiger partial charge in [-0.2, -0.15) is 0 Å². The van der Waals surface area contributed by atoms with Gasteiger partial charge in [0.15, 0.2) is 11.6 Å². The van der Waals surface area contributed by atoms with Crippen LogP contribution in [-0.2, 0) is 81.3 Å². The SMILES string of the molecule is C/C=C/C[C@@H](C)C(OC(=O)OCOC(=O)[C@H](N)C[CH]C(=O)[C@@]1(O)CCC2C3CCC4=CC(=O)C=C[C@]4(C)C3[C@@H](O)C[C@@]21C)C1C(=O)N[C@H](CC)C(=O)N(C)CC(=O)N(C)[C@@H](CC(C)C)C(=O)NC(C(C)C)C(=O)N(C)C(CC(C)C)C(=O)NC(C)C(=O)NC(C)C(=O)N(C)[C@H](CC(C)C)C(=O)N(C)C(CC(C)C)C(=O)N(C)C(C(C)C)C(=O)N1C. The van der Waals surface area contributed by atoms with E-state index in [-0.39, 0.29) is 98.6 Å². The number of Topliss-reactive ketones (excluding diaryl/α,β-unsaturated/α-hetero) is 1. The number of hydrogen-bond acceptors (Lipinski definition) is 21. The maximum absolute atomic E-state index is 15.9. The van der Waals surface area contributed by atoms with E-state index in [0.717, 1.165) is 31.6 Å². The number of carbonyl (C=O) groups excluding carboxylic acids is 15. The first-order valence-electron chi connectivity index (χ1n) is 42.9. The molecule has 32 heteroatoms. The summed E-state index contributed by atoms with van der Waals surface area (Å²) in [6.07, 6.45) is 7.13. The molecular formula is C88H143N12O20. The second-order valence-corrected chi connectivity index (χ2v) is 37.2. The Labute approximate surface area is 711 Å². The molecule has 675 valence electrons. The number of fused-ring (bicyclic) bond motifs is 5. The average Bonchev–Trinajstić information content (AvgIpc) is 1.39. The van der Waals surface area contributed by atoms with E-state index < -0.39 is 215 Å². The van der Waals surface area contributed by atoms with E-state index in [1.165, 1.54) is 84.0 Å². The number of nitrogens with two attached hydrogens (primary N) is 1. The Hall–Kier alpha value is -8.65. The van der Waals surface area contributed by atoms with Gasteiger partial charge in [0.25, 0.3) is 0 Å².